The highest BCUT2D eigenvalue weighted by Gasteiger charge is 2.16. The van der Waals surface area contributed by atoms with Gasteiger partial charge in [0.25, 0.3) is 5.91 Å². The summed E-state index contributed by atoms with van der Waals surface area (Å²) in [4.78, 5) is 16.7. The van der Waals surface area contributed by atoms with Gasteiger partial charge in [0, 0.05) is 24.4 Å². The zero-order valence-corrected chi connectivity index (χ0v) is 16.4. The zero-order chi connectivity index (χ0) is 21.0. The first-order valence-corrected chi connectivity index (χ1v) is 9.66. The lowest BCUT2D eigenvalue weighted by Gasteiger charge is -2.07. The summed E-state index contributed by atoms with van der Waals surface area (Å²) in [5, 5.41) is 9.91. The Morgan fingerprint density at radius 1 is 1.03 bits per heavy atom. The number of hydrogen-bond acceptors (Lipinski definition) is 6. The van der Waals surface area contributed by atoms with Crippen molar-refractivity contribution in [1.29, 1.82) is 0 Å². The molecule has 0 atom stereocenters. The van der Waals surface area contributed by atoms with Crippen molar-refractivity contribution in [1.82, 2.24) is 20.5 Å². The van der Waals surface area contributed by atoms with Crippen LogP contribution in [-0.2, 0) is 6.54 Å². The van der Waals surface area contributed by atoms with Crippen molar-refractivity contribution >= 4 is 5.91 Å². The van der Waals surface area contributed by atoms with E-state index in [1.54, 1.807) is 18.3 Å². The van der Waals surface area contributed by atoms with E-state index < -0.39 is 0 Å². The van der Waals surface area contributed by atoms with E-state index in [1.807, 2.05) is 54.6 Å². The summed E-state index contributed by atoms with van der Waals surface area (Å²) in [5.74, 6) is 2.27. The van der Waals surface area contributed by atoms with Gasteiger partial charge in [0.1, 0.15) is 11.4 Å². The second-order valence-corrected chi connectivity index (χ2v) is 6.84. The van der Waals surface area contributed by atoms with Crippen LogP contribution in [0.5, 0.6) is 23.1 Å². The van der Waals surface area contributed by atoms with Crippen molar-refractivity contribution in [3.05, 3.63) is 84.2 Å². The maximum absolute atomic E-state index is 12.6. The maximum atomic E-state index is 12.6. The number of fused-ring (bicyclic) bond motifs is 1. The topological polar surface area (TPSA) is 98.4 Å². The van der Waals surface area contributed by atoms with Crippen molar-refractivity contribution in [3.8, 4) is 34.4 Å². The maximum Gasteiger partial charge on any atom is 0.269 e. The number of ether oxygens (including phenoxy) is 3. The molecule has 31 heavy (non-hydrogen) atoms. The highest BCUT2D eigenvalue weighted by molar-refractivity contribution is 5.93. The Labute approximate surface area is 177 Å². The van der Waals surface area contributed by atoms with Crippen LogP contribution >= 0.6 is 0 Å². The van der Waals surface area contributed by atoms with Crippen LogP contribution < -0.4 is 19.5 Å². The lowest BCUT2D eigenvalue weighted by atomic mass is 10.1. The normalized spacial score (nSPS) is 11.9. The number of carbonyl (C=O) groups is 1. The van der Waals surface area contributed by atoms with Crippen LogP contribution in [0.3, 0.4) is 0 Å². The largest absolute Gasteiger partial charge is 0.454 e. The number of nitrogens with zero attached hydrogens (tertiary/aromatic N) is 2. The predicted molar refractivity (Wildman–Crippen MR) is 112 cm³/mol. The average Bonchev–Trinajstić information content (AvgIpc) is 3.48. The van der Waals surface area contributed by atoms with E-state index in [9.17, 15) is 4.79 Å². The molecule has 4 aromatic rings. The van der Waals surface area contributed by atoms with Gasteiger partial charge in [-0.25, -0.2) is 4.98 Å². The molecule has 3 heterocycles. The van der Waals surface area contributed by atoms with Gasteiger partial charge in [-0.1, -0.05) is 18.2 Å². The molecule has 1 aliphatic rings. The number of H-pyrrole nitrogens is 1. The molecule has 0 fully saturated rings. The fourth-order valence-electron chi connectivity index (χ4n) is 3.17. The van der Waals surface area contributed by atoms with Gasteiger partial charge in [0.05, 0.1) is 5.69 Å². The molecule has 8 nitrogen and oxygen atoms in total. The molecule has 1 aliphatic heterocycles. The molecule has 0 aliphatic carbocycles. The molecule has 2 aromatic heterocycles. The number of aromatic nitrogens is 3. The molecule has 0 saturated heterocycles. The number of aromatic amines is 1. The molecule has 154 valence electrons. The van der Waals surface area contributed by atoms with Gasteiger partial charge in [-0.15, -0.1) is 0 Å². The molecule has 2 aromatic carbocycles. The molecule has 2 N–H and O–H groups in total. The molecular weight excluding hydrogens is 396 g/mol. The summed E-state index contributed by atoms with van der Waals surface area (Å²) in [6.45, 7) is 0.553. The molecule has 0 saturated carbocycles. The van der Waals surface area contributed by atoms with Crippen LogP contribution in [0.25, 0.3) is 11.3 Å². The van der Waals surface area contributed by atoms with Crippen molar-refractivity contribution in [2.45, 2.75) is 6.54 Å². The van der Waals surface area contributed by atoms with E-state index in [0.717, 1.165) is 11.1 Å². The minimum Gasteiger partial charge on any atom is -0.454 e. The van der Waals surface area contributed by atoms with Crippen molar-refractivity contribution in [3.63, 3.8) is 0 Å². The fourth-order valence-corrected chi connectivity index (χ4v) is 3.17. The van der Waals surface area contributed by atoms with E-state index >= 15 is 0 Å². The van der Waals surface area contributed by atoms with Gasteiger partial charge in [-0.05, 0) is 48.0 Å². The third kappa shape index (κ3) is 4.18. The number of carbonyl (C=O) groups excluding carboxylic acids is 1. The summed E-state index contributed by atoms with van der Waals surface area (Å²) in [7, 11) is 0. The van der Waals surface area contributed by atoms with E-state index in [-0.39, 0.29) is 12.7 Å². The standard InChI is InChI=1S/C23H18N4O4/c28-23(19-12-18(26-27-19)16-7-8-20-21(11-16)30-14-29-20)25-13-15-4-3-5-17(10-15)31-22-6-1-2-9-24-22/h1-12H,13-14H2,(H,25,28)(H,26,27). The summed E-state index contributed by atoms with van der Waals surface area (Å²) in [6.07, 6.45) is 1.67. The van der Waals surface area contributed by atoms with E-state index in [2.05, 4.69) is 20.5 Å². The zero-order valence-electron chi connectivity index (χ0n) is 16.4. The van der Waals surface area contributed by atoms with Crippen LogP contribution in [0, 0.1) is 0 Å². The van der Waals surface area contributed by atoms with Gasteiger partial charge in [0.2, 0.25) is 12.7 Å². The second kappa shape index (κ2) is 8.19. The Morgan fingerprint density at radius 2 is 1.97 bits per heavy atom. The number of rotatable bonds is 6. The quantitative estimate of drug-likeness (QED) is 0.496. The van der Waals surface area contributed by atoms with Gasteiger partial charge in [-0.3, -0.25) is 9.89 Å². The van der Waals surface area contributed by atoms with Crippen LogP contribution in [0.2, 0.25) is 0 Å². The molecule has 0 unspecified atom stereocenters. The first-order chi connectivity index (χ1) is 15.2. The Kier molecular flexibility index (Phi) is 4.94. The minimum atomic E-state index is -0.254. The highest BCUT2D eigenvalue weighted by Crippen LogP contribution is 2.35. The molecule has 0 radical (unpaired) electrons. The van der Waals surface area contributed by atoms with E-state index in [4.69, 9.17) is 14.2 Å². The fraction of sp³-hybridized carbons (Fsp3) is 0.0870. The van der Waals surface area contributed by atoms with Gasteiger partial charge >= 0.3 is 0 Å². The van der Waals surface area contributed by atoms with Gasteiger partial charge < -0.3 is 19.5 Å². The Hall–Kier alpha value is -4.33. The monoisotopic (exact) mass is 414 g/mol. The summed E-state index contributed by atoms with van der Waals surface area (Å²) in [5.41, 5.74) is 2.75. The lowest BCUT2D eigenvalue weighted by Crippen LogP contribution is -2.23. The van der Waals surface area contributed by atoms with Crippen LogP contribution in [-0.4, -0.2) is 27.9 Å². The van der Waals surface area contributed by atoms with Crippen LogP contribution in [0.15, 0.2) is 72.9 Å². The van der Waals surface area contributed by atoms with Crippen molar-refractivity contribution in [2.75, 3.05) is 6.79 Å². The number of nitrogens with one attached hydrogen (secondary N) is 2. The second-order valence-electron chi connectivity index (χ2n) is 6.84. The summed E-state index contributed by atoms with van der Waals surface area (Å²) < 4.78 is 16.5. The number of hydrogen-bond donors (Lipinski definition) is 2. The number of amides is 1. The smallest absolute Gasteiger partial charge is 0.269 e. The third-order valence-corrected chi connectivity index (χ3v) is 4.70. The molecular formula is C23H18N4O4. The van der Waals surface area contributed by atoms with E-state index in [0.29, 0.717) is 41.1 Å². The first-order valence-electron chi connectivity index (χ1n) is 9.66. The SMILES string of the molecule is O=C(NCc1cccc(Oc2ccccn2)c1)c1cc(-c2ccc3c(c2)OCO3)n[nH]1. The van der Waals surface area contributed by atoms with Gasteiger partial charge in [0.15, 0.2) is 11.5 Å². The van der Waals surface area contributed by atoms with Crippen molar-refractivity contribution < 1.29 is 19.0 Å². The molecule has 1 amide bonds. The molecule has 8 heteroatoms. The van der Waals surface area contributed by atoms with Crippen LogP contribution in [0.1, 0.15) is 16.1 Å². The Bertz CT molecular complexity index is 1220. The number of pyridine rings is 1. The Balaban J connectivity index is 1.23. The number of benzene rings is 2. The molecule has 0 spiro atoms. The van der Waals surface area contributed by atoms with Gasteiger partial charge in [-0.2, -0.15) is 5.10 Å². The minimum absolute atomic E-state index is 0.209. The molecule has 5 rings (SSSR count). The highest BCUT2D eigenvalue weighted by atomic mass is 16.7. The third-order valence-electron chi connectivity index (χ3n) is 4.70. The first kappa shape index (κ1) is 18.7. The van der Waals surface area contributed by atoms with E-state index in [1.165, 1.54) is 0 Å². The van der Waals surface area contributed by atoms with Crippen molar-refractivity contribution in [2.24, 2.45) is 0 Å². The summed E-state index contributed by atoms with van der Waals surface area (Å²) in [6, 6.07) is 20.2. The lowest BCUT2D eigenvalue weighted by molar-refractivity contribution is 0.0946. The van der Waals surface area contributed by atoms with Crippen LogP contribution in [0.4, 0.5) is 0 Å². The predicted octanol–water partition coefficient (Wildman–Crippen LogP) is 3.92. The summed E-state index contributed by atoms with van der Waals surface area (Å²) >= 11 is 0. The molecule has 0 bridgehead atoms. The average molecular weight is 414 g/mol. The Morgan fingerprint density at radius 3 is 2.87 bits per heavy atom.